The van der Waals surface area contributed by atoms with Gasteiger partial charge < -0.3 is 19.5 Å². The van der Waals surface area contributed by atoms with Crippen molar-refractivity contribution in [2.45, 2.75) is 25.7 Å². The molecular formula is C19H21NO3. The Kier molecular flexibility index (Phi) is 3.62. The molecule has 0 aromatic heterocycles. The molecule has 0 radical (unpaired) electrons. The molecule has 23 heavy (non-hydrogen) atoms. The van der Waals surface area contributed by atoms with Gasteiger partial charge in [-0.25, -0.2) is 0 Å². The SMILES string of the molecule is COc1ccc2c(c1)[C@@H](Nc1ccc(C)cc1)[C@H]1CCO[C@H]1O2. The molecule has 0 amide bonds. The fourth-order valence-corrected chi connectivity index (χ4v) is 3.40. The minimum atomic E-state index is -0.168. The Morgan fingerprint density at radius 3 is 2.74 bits per heavy atom. The van der Waals surface area contributed by atoms with Crippen LogP contribution in [0.4, 0.5) is 5.69 Å². The lowest BCUT2D eigenvalue weighted by Crippen LogP contribution is -2.36. The lowest BCUT2D eigenvalue weighted by Gasteiger charge is -2.36. The first-order chi connectivity index (χ1) is 11.2. The molecule has 0 bridgehead atoms. The van der Waals surface area contributed by atoms with Crippen molar-refractivity contribution in [1.82, 2.24) is 0 Å². The maximum Gasteiger partial charge on any atom is 0.205 e. The monoisotopic (exact) mass is 311 g/mol. The summed E-state index contributed by atoms with van der Waals surface area (Å²) in [5, 5.41) is 3.67. The summed E-state index contributed by atoms with van der Waals surface area (Å²) in [5.74, 6) is 2.02. The van der Waals surface area contributed by atoms with E-state index in [0.717, 1.165) is 35.8 Å². The number of aryl methyl sites for hydroxylation is 1. The van der Waals surface area contributed by atoms with E-state index in [0.29, 0.717) is 5.92 Å². The van der Waals surface area contributed by atoms with Crippen LogP contribution >= 0.6 is 0 Å². The molecule has 2 aliphatic rings. The largest absolute Gasteiger partial charge is 0.497 e. The second-order valence-corrected chi connectivity index (χ2v) is 6.20. The van der Waals surface area contributed by atoms with Gasteiger partial charge in [-0.1, -0.05) is 17.7 Å². The predicted octanol–water partition coefficient (Wildman–Crippen LogP) is 3.91. The summed E-state index contributed by atoms with van der Waals surface area (Å²) < 4.78 is 17.2. The summed E-state index contributed by atoms with van der Waals surface area (Å²) in [6, 6.07) is 14.6. The van der Waals surface area contributed by atoms with E-state index in [4.69, 9.17) is 14.2 Å². The molecule has 4 rings (SSSR count). The first-order valence-corrected chi connectivity index (χ1v) is 8.04. The Morgan fingerprint density at radius 1 is 1.13 bits per heavy atom. The summed E-state index contributed by atoms with van der Waals surface area (Å²) in [4.78, 5) is 0. The molecule has 3 atom stereocenters. The molecule has 120 valence electrons. The Balaban J connectivity index is 1.71. The Morgan fingerprint density at radius 2 is 1.96 bits per heavy atom. The molecular weight excluding hydrogens is 290 g/mol. The number of benzene rings is 2. The molecule has 4 nitrogen and oxygen atoms in total. The van der Waals surface area contributed by atoms with E-state index in [1.165, 1.54) is 5.56 Å². The molecule has 0 spiro atoms. The first kappa shape index (κ1) is 14.4. The number of rotatable bonds is 3. The number of ether oxygens (including phenoxy) is 3. The third kappa shape index (κ3) is 2.63. The van der Waals surface area contributed by atoms with Gasteiger partial charge in [0, 0.05) is 17.2 Å². The highest BCUT2D eigenvalue weighted by Crippen LogP contribution is 2.45. The van der Waals surface area contributed by atoms with Gasteiger partial charge in [0.15, 0.2) is 0 Å². The predicted molar refractivity (Wildman–Crippen MR) is 89.0 cm³/mol. The molecule has 2 aromatic carbocycles. The third-order valence-corrected chi connectivity index (χ3v) is 4.68. The van der Waals surface area contributed by atoms with E-state index < -0.39 is 0 Å². The number of hydrogen-bond acceptors (Lipinski definition) is 4. The zero-order valence-electron chi connectivity index (χ0n) is 13.4. The molecule has 1 saturated heterocycles. The van der Waals surface area contributed by atoms with E-state index in [2.05, 4.69) is 42.6 Å². The van der Waals surface area contributed by atoms with Crippen molar-refractivity contribution in [3.8, 4) is 11.5 Å². The van der Waals surface area contributed by atoms with Crippen LogP contribution < -0.4 is 14.8 Å². The van der Waals surface area contributed by atoms with Crippen molar-refractivity contribution < 1.29 is 14.2 Å². The minimum absolute atomic E-state index is 0.157. The van der Waals surface area contributed by atoms with Crippen LogP contribution in [-0.2, 0) is 4.74 Å². The van der Waals surface area contributed by atoms with Gasteiger partial charge in [-0.05, 0) is 43.7 Å². The normalized spacial score (nSPS) is 25.2. The summed E-state index contributed by atoms with van der Waals surface area (Å²) in [5.41, 5.74) is 3.50. The first-order valence-electron chi connectivity index (χ1n) is 8.04. The number of fused-ring (bicyclic) bond motifs is 2. The highest BCUT2D eigenvalue weighted by Gasteiger charge is 2.42. The number of hydrogen-bond donors (Lipinski definition) is 1. The fraction of sp³-hybridized carbons (Fsp3) is 0.368. The van der Waals surface area contributed by atoms with Gasteiger partial charge in [0.05, 0.1) is 19.8 Å². The van der Waals surface area contributed by atoms with Gasteiger partial charge in [0.1, 0.15) is 11.5 Å². The van der Waals surface area contributed by atoms with E-state index in [1.807, 2.05) is 12.1 Å². The highest BCUT2D eigenvalue weighted by atomic mass is 16.7. The fourth-order valence-electron chi connectivity index (χ4n) is 3.40. The van der Waals surface area contributed by atoms with Crippen molar-refractivity contribution in [2.24, 2.45) is 5.92 Å². The molecule has 4 heteroatoms. The molecule has 2 aromatic rings. The molecule has 2 heterocycles. The lowest BCUT2D eigenvalue weighted by atomic mass is 9.88. The van der Waals surface area contributed by atoms with Gasteiger partial charge in [0.25, 0.3) is 0 Å². The summed E-state index contributed by atoms with van der Waals surface area (Å²) >= 11 is 0. The highest BCUT2D eigenvalue weighted by molar-refractivity contribution is 5.51. The Bertz CT molecular complexity index is 698. The van der Waals surface area contributed by atoms with Crippen molar-refractivity contribution in [3.05, 3.63) is 53.6 Å². The lowest BCUT2D eigenvalue weighted by molar-refractivity contribution is -0.0748. The van der Waals surface area contributed by atoms with Crippen LogP contribution in [0, 0.1) is 12.8 Å². The summed E-state index contributed by atoms with van der Waals surface area (Å²) in [6.45, 7) is 2.84. The molecule has 1 N–H and O–H groups in total. The topological polar surface area (TPSA) is 39.7 Å². The second kappa shape index (κ2) is 5.78. The Labute approximate surface area is 136 Å². The van der Waals surface area contributed by atoms with Crippen LogP contribution in [0.15, 0.2) is 42.5 Å². The van der Waals surface area contributed by atoms with Crippen LogP contribution in [0.3, 0.4) is 0 Å². The summed E-state index contributed by atoms with van der Waals surface area (Å²) in [7, 11) is 1.69. The zero-order valence-corrected chi connectivity index (χ0v) is 13.4. The zero-order chi connectivity index (χ0) is 15.8. The van der Waals surface area contributed by atoms with Gasteiger partial charge in [-0.15, -0.1) is 0 Å². The quantitative estimate of drug-likeness (QED) is 0.933. The van der Waals surface area contributed by atoms with Crippen LogP contribution in [0.25, 0.3) is 0 Å². The third-order valence-electron chi connectivity index (χ3n) is 4.68. The van der Waals surface area contributed by atoms with Crippen LogP contribution in [-0.4, -0.2) is 20.0 Å². The standard InChI is InChI=1S/C19H21NO3/c1-12-3-5-13(6-4-12)20-18-15-9-10-22-19(15)23-17-8-7-14(21-2)11-16(17)18/h3-8,11,15,18-20H,9-10H2,1-2H3/t15-,18+,19+/m1/s1. The van der Waals surface area contributed by atoms with Crippen LogP contribution in [0.1, 0.15) is 23.6 Å². The smallest absolute Gasteiger partial charge is 0.205 e. The number of anilines is 1. The molecule has 0 unspecified atom stereocenters. The molecule has 1 fully saturated rings. The van der Waals surface area contributed by atoms with Gasteiger partial charge >= 0.3 is 0 Å². The maximum atomic E-state index is 6.02. The molecule has 2 aliphatic heterocycles. The molecule has 0 aliphatic carbocycles. The second-order valence-electron chi connectivity index (χ2n) is 6.20. The molecule has 0 saturated carbocycles. The average Bonchev–Trinajstić information content (AvgIpc) is 3.04. The number of methoxy groups -OCH3 is 1. The van der Waals surface area contributed by atoms with E-state index in [1.54, 1.807) is 7.11 Å². The minimum Gasteiger partial charge on any atom is -0.497 e. The van der Waals surface area contributed by atoms with E-state index in [9.17, 15) is 0 Å². The number of nitrogens with one attached hydrogen (secondary N) is 1. The van der Waals surface area contributed by atoms with Gasteiger partial charge in [0.2, 0.25) is 6.29 Å². The van der Waals surface area contributed by atoms with E-state index in [-0.39, 0.29) is 12.3 Å². The van der Waals surface area contributed by atoms with Gasteiger partial charge in [-0.2, -0.15) is 0 Å². The van der Waals surface area contributed by atoms with Crippen LogP contribution in [0.5, 0.6) is 11.5 Å². The summed E-state index contributed by atoms with van der Waals surface area (Å²) in [6.07, 6.45) is 0.823. The van der Waals surface area contributed by atoms with Crippen molar-refractivity contribution >= 4 is 5.69 Å². The van der Waals surface area contributed by atoms with E-state index >= 15 is 0 Å². The van der Waals surface area contributed by atoms with Crippen LogP contribution in [0.2, 0.25) is 0 Å². The van der Waals surface area contributed by atoms with Crippen molar-refractivity contribution in [2.75, 3.05) is 19.0 Å². The maximum absolute atomic E-state index is 6.02. The van der Waals surface area contributed by atoms with Crippen molar-refractivity contribution in [3.63, 3.8) is 0 Å². The Hall–Kier alpha value is -2.20. The van der Waals surface area contributed by atoms with Gasteiger partial charge in [-0.3, -0.25) is 0 Å². The average molecular weight is 311 g/mol. The van der Waals surface area contributed by atoms with Crippen molar-refractivity contribution in [1.29, 1.82) is 0 Å².